The fourth-order valence-corrected chi connectivity index (χ4v) is 2.82. The number of halogens is 1. The van der Waals surface area contributed by atoms with Gasteiger partial charge in [0.2, 0.25) is 0 Å². The van der Waals surface area contributed by atoms with E-state index >= 15 is 0 Å². The molecule has 0 aliphatic carbocycles. The number of aromatic amines is 2. The van der Waals surface area contributed by atoms with Gasteiger partial charge in [-0.15, -0.1) is 0 Å². The molecule has 0 spiro atoms. The maximum atomic E-state index is 12.1. The standard InChI is InChI=1S/C16H18ClN5O4S/c1-3-6-26-12-5-4-10(7-11(12)17)8-18-20-13(23)9(2)27-15-14(24)19-16(25)22-21-15/h4-5,7-9H,3,6H2,1-2H3,(H,20,23)(H2,19,22,24,25)/b18-8+. The van der Waals surface area contributed by atoms with Gasteiger partial charge in [0.25, 0.3) is 11.5 Å². The Morgan fingerprint density at radius 2 is 2.26 bits per heavy atom. The number of nitrogens with one attached hydrogen (secondary N) is 3. The minimum atomic E-state index is -0.712. The molecule has 1 aromatic carbocycles. The van der Waals surface area contributed by atoms with Crippen molar-refractivity contribution in [2.45, 2.75) is 30.5 Å². The molecule has 0 aliphatic heterocycles. The van der Waals surface area contributed by atoms with E-state index in [-0.39, 0.29) is 5.03 Å². The maximum Gasteiger partial charge on any atom is 0.342 e. The van der Waals surface area contributed by atoms with Crippen LogP contribution in [0.4, 0.5) is 0 Å². The molecule has 27 heavy (non-hydrogen) atoms. The average molecular weight is 412 g/mol. The number of ether oxygens (including phenoxy) is 1. The Hall–Kier alpha value is -2.59. The fourth-order valence-electron chi connectivity index (χ4n) is 1.83. The third-order valence-corrected chi connectivity index (χ3v) is 4.51. The van der Waals surface area contributed by atoms with Crippen LogP contribution >= 0.6 is 23.4 Å². The molecule has 9 nitrogen and oxygen atoms in total. The zero-order chi connectivity index (χ0) is 19.8. The van der Waals surface area contributed by atoms with Crippen molar-refractivity contribution < 1.29 is 9.53 Å². The number of nitrogens with zero attached hydrogens (tertiary/aromatic N) is 2. The van der Waals surface area contributed by atoms with E-state index in [1.165, 1.54) is 6.21 Å². The Kier molecular flexibility index (Phi) is 7.62. The molecule has 0 saturated carbocycles. The summed E-state index contributed by atoms with van der Waals surface area (Å²) in [6, 6.07) is 5.16. The van der Waals surface area contributed by atoms with Crippen molar-refractivity contribution in [1.29, 1.82) is 0 Å². The highest BCUT2D eigenvalue weighted by atomic mass is 35.5. The number of aromatic nitrogens is 3. The lowest BCUT2D eigenvalue weighted by atomic mass is 10.2. The molecule has 1 unspecified atom stereocenters. The molecule has 2 rings (SSSR count). The largest absolute Gasteiger partial charge is 0.492 e. The van der Waals surface area contributed by atoms with E-state index in [0.29, 0.717) is 22.9 Å². The molecule has 1 aromatic heterocycles. The second kappa shape index (κ2) is 9.93. The molecule has 3 N–H and O–H groups in total. The lowest BCUT2D eigenvalue weighted by Crippen LogP contribution is -2.30. The highest BCUT2D eigenvalue weighted by Gasteiger charge is 2.17. The highest BCUT2D eigenvalue weighted by molar-refractivity contribution is 8.00. The van der Waals surface area contributed by atoms with Crippen LogP contribution in [0.15, 0.2) is 37.9 Å². The summed E-state index contributed by atoms with van der Waals surface area (Å²) in [6.45, 7) is 4.16. The van der Waals surface area contributed by atoms with Crippen molar-refractivity contribution >= 4 is 35.5 Å². The lowest BCUT2D eigenvalue weighted by molar-refractivity contribution is -0.120. The number of carbonyl (C=O) groups is 1. The molecule has 0 bridgehead atoms. The van der Waals surface area contributed by atoms with Crippen molar-refractivity contribution in [3.63, 3.8) is 0 Å². The van der Waals surface area contributed by atoms with Crippen molar-refractivity contribution in [1.82, 2.24) is 20.6 Å². The predicted molar refractivity (Wildman–Crippen MR) is 104 cm³/mol. The van der Waals surface area contributed by atoms with Gasteiger partial charge in [-0.05, 0) is 37.1 Å². The SMILES string of the molecule is CCCOc1ccc(/C=N/NC(=O)C(C)Sc2n[nH]c(=O)[nH]c2=O)cc1Cl. The number of thioether (sulfide) groups is 1. The number of rotatable bonds is 8. The zero-order valence-corrected chi connectivity index (χ0v) is 16.2. The minimum Gasteiger partial charge on any atom is -0.492 e. The zero-order valence-electron chi connectivity index (χ0n) is 14.6. The van der Waals surface area contributed by atoms with Crippen LogP contribution in [0.1, 0.15) is 25.8 Å². The van der Waals surface area contributed by atoms with Crippen LogP contribution in [0.2, 0.25) is 5.02 Å². The van der Waals surface area contributed by atoms with Crippen molar-refractivity contribution in [2.24, 2.45) is 5.10 Å². The van der Waals surface area contributed by atoms with E-state index in [4.69, 9.17) is 16.3 Å². The minimum absolute atomic E-state index is 0.0179. The van der Waals surface area contributed by atoms with E-state index in [1.807, 2.05) is 11.9 Å². The molecule has 1 amide bonds. The first-order valence-electron chi connectivity index (χ1n) is 8.01. The van der Waals surface area contributed by atoms with Gasteiger partial charge in [-0.3, -0.25) is 14.6 Å². The third-order valence-electron chi connectivity index (χ3n) is 3.14. The molecule has 144 valence electrons. The quantitative estimate of drug-likeness (QED) is 0.343. The Morgan fingerprint density at radius 1 is 1.48 bits per heavy atom. The molecule has 0 fully saturated rings. The van der Waals surface area contributed by atoms with E-state index < -0.39 is 22.4 Å². The third kappa shape index (κ3) is 6.26. The molecular formula is C16H18ClN5O4S. The van der Waals surface area contributed by atoms with Gasteiger partial charge in [-0.2, -0.15) is 10.2 Å². The van der Waals surface area contributed by atoms with Crippen LogP contribution in [0.5, 0.6) is 5.75 Å². The summed E-state index contributed by atoms with van der Waals surface area (Å²) in [4.78, 5) is 36.6. The molecule has 1 atom stereocenters. The number of amides is 1. The van der Waals surface area contributed by atoms with Gasteiger partial charge >= 0.3 is 5.69 Å². The van der Waals surface area contributed by atoms with Gasteiger partial charge in [-0.1, -0.05) is 30.3 Å². The molecule has 2 aromatic rings. The van der Waals surface area contributed by atoms with Gasteiger partial charge in [0.15, 0.2) is 5.03 Å². The van der Waals surface area contributed by atoms with Crippen LogP contribution in [0, 0.1) is 0 Å². The molecule has 0 radical (unpaired) electrons. The summed E-state index contributed by atoms with van der Waals surface area (Å²) in [5, 5.41) is 9.36. The summed E-state index contributed by atoms with van der Waals surface area (Å²) in [6.07, 6.45) is 2.32. The van der Waals surface area contributed by atoms with Gasteiger partial charge in [-0.25, -0.2) is 15.3 Å². The summed E-state index contributed by atoms with van der Waals surface area (Å²) in [5.74, 6) is 0.154. The van der Waals surface area contributed by atoms with Crippen LogP contribution < -0.4 is 21.4 Å². The monoisotopic (exact) mass is 411 g/mol. The Labute approximate surface area is 163 Å². The summed E-state index contributed by atoms with van der Waals surface area (Å²) in [7, 11) is 0. The summed E-state index contributed by atoms with van der Waals surface area (Å²) in [5.41, 5.74) is 1.68. The molecular weight excluding hydrogens is 394 g/mol. The van der Waals surface area contributed by atoms with Gasteiger partial charge in [0, 0.05) is 0 Å². The number of benzene rings is 1. The highest BCUT2D eigenvalue weighted by Crippen LogP contribution is 2.25. The van der Waals surface area contributed by atoms with Crippen LogP contribution in [-0.4, -0.2) is 39.2 Å². The van der Waals surface area contributed by atoms with Gasteiger partial charge < -0.3 is 4.74 Å². The van der Waals surface area contributed by atoms with E-state index in [2.05, 4.69) is 20.7 Å². The number of H-pyrrole nitrogens is 2. The number of carbonyl (C=O) groups excluding carboxylic acids is 1. The smallest absolute Gasteiger partial charge is 0.342 e. The second-order valence-corrected chi connectivity index (χ2v) is 7.08. The van der Waals surface area contributed by atoms with Crippen LogP contribution in [0.25, 0.3) is 0 Å². The Morgan fingerprint density at radius 3 is 2.93 bits per heavy atom. The maximum absolute atomic E-state index is 12.1. The van der Waals surface area contributed by atoms with E-state index in [9.17, 15) is 14.4 Å². The van der Waals surface area contributed by atoms with Gasteiger partial charge in [0.1, 0.15) is 5.75 Å². The molecule has 11 heteroatoms. The van der Waals surface area contributed by atoms with Crippen molar-refractivity contribution in [2.75, 3.05) is 6.61 Å². The first kappa shape index (κ1) is 20.7. The van der Waals surface area contributed by atoms with Gasteiger partial charge in [0.05, 0.1) is 23.1 Å². The van der Waals surface area contributed by atoms with Crippen molar-refractivity contribution in [3.05, 3.63) is 49.6 Å². The summed E-state index contributed by atoms with van der Waals surface area (Å²) < 4.78 is 5.48. The summed E-state index contributed by atoms with van der Waals surface area (Å²) >= 11 is 7.03. The number of hydrogen-bond donors (Lipinski definition) is 3. The molecule has 1 heterocycles. The van der Waals surface area contributed by atoms with Crippen molar-refractivity contribution in [3.8, 4) is 5.75 Å². The van der Waals surface area contributed by atoms with E-state index in [0.717, 1.165) is 18.2 Å². The fraction of sp³-hybridized carbons (Fsp3) is 0.312. The Bertz CT molecular complexity index is 943. The average Bonchev–Trinajstić information content (AvgIpc) is 2.63. The topological polar surface area (TPSA) is 129 Å². The first-order chi connectivity index (χ1) is 12.9. The normalized spacial score (nSPS) is 12.1. The van der Waals surface area contributed by atoms with E-state index in [1.54, 1.807) is 25.1 Å². The Balaban J connectivity index is 1.93. The number of hydrogen-bond acceptors (Lipinski definition) is 7. The molecule has 0 saturated heterocycles. The number of hydrazone groups is 1. The lowest BCUT2D eigenvalue weighted by Gasteiger charge is -2.08. The predicted octanol–water partition coefficient (Wildman–Crippen LogP) is 1.53. The van der Waals surface area contributed by atoms with Crippen LogP contribution in [0.3, 0.4) is 0 Å². The molecule has 0 aliphatic rings. The first-order valence-corrected chi connectivity index (χ1v) is 9.27. The second-order valence-electron chi connectivity index (χ2n) is 5.34. The van der Waals surface area contributed by atoms with Crippen LogP contribution in [-0.2, 0) is 4.79 Å².